The van der Waals surface area contributed by atoms with Crippen molar-refractivity contribution in [1.82, 2.24) is 0 Å². The van der Waals surface area contributed by atoms with Crippen LogP contribution in [0.2, 0.25) is 0 Å². The molecule has 21 heavy (non-hydrogen) atoms. The molecule has 0 saturated heterocycles. The first-order valence-corrected chi connectivity index (χ1v) is 7.49. The molecule has 0 heterocycles. The van der Waals surface area contributed by atoms with E-state index in [1.54, 1.807) is 0 Å². The van der Waals surface area contributed by atoms with Crippen molar-refractivity contribution in [3.63, 3.8) is 0 Å². The third kappa shape index (κ3) is 4.23. The first-order valence-electron chi connectivity index (χ1n) is 7.49. The van der Waals surface area contributed by atoms with E-state index in [0.717, 1.165) is 35.7 Å². The lowest BCUT2D eigenvalue weighted by Gasteiger charge is -2.13. The molecular weight excluding hydrogens is 262 g/mol. The Morgan fingerprint density at radius 1 is 0.952 bits per heavy atom. The molecule has 0 aliphatic heterocycles. The molecule has 0 bridgehead atoms. The maximum Gasteiger partial charge on any atom is 0.169 e. The first kappa shape index (κ1) is 15.4. The average Bonchev–Trinajstić information content (AvgIpc) is 2.54. The normalized spacial score (nSPS) is 12.0. The molecule has 0 unspecified atom stereocenters. The van der Waals surface area contributed by atoms with Crippen LogP contribution in [0, 0.1) is 0 Å². The van der Waals surface area contributed by atoms with Gasteiger partial charge in [0, 0.05) is 6.04 Å². The van der Waals surface area contributed by atoms with Crippen LogP contribution in [0.3, 0.4) is 0 Å². The first-order chi connectivity index (χ1) is 10.2. The third-order valence-corrected chi connectivity index (χ3v) is 3.29. The van der Waals surface area contributed by atoms with Crippen molar-refractivity contribution in [3.8, 4) is 17.2 Å². The summed E-state index contributed by atoms with van der Waals surface area (Å²) in [5.74, 6) is 2.29. The van der Waals surface area contributed by atoms with Crippen molar-refractivity contribution in [2.75, 3.05) is 6.61 Å². The predicted molar refractivity (Wildman–Crippen MR) is 86.0 cm³/mol. The zero-order valence-corrected chi connectivity index (χ0v) is 12.7. The number of benzene rings is 2. The maximum atomic E-state index is 6.02. The summed E-state index contributed by atoms with van der Waals surface area (Å²) in [4.78, 5) is 0. The summed E-state index contributed by atoms with van der Waals surface area (Å²) in [6, 6.07) is 15.7. The number of ether oxygens (including phenoxy) is 2. The molecule has 0 aliphatic carbocycles. The van der Waals surface area contributed by atoms with Crippen molar-refractivity contribution >= 4 is 0 Å². The smallest absolute Gasteiger partial charge is 0.169 e. The van der Waals surface area contributed by atoms with Gasteiger partial charge in [-0.15, -0.1) is 0 Å². The molecule has 0 aliphatic rings. The molecule has 2 aromatic rings. The Balaban J connectivity index is 2.11. The minimum atomic E-state index is 0.0826. The summed E-state index contributed by atoms with van der Waals surface area (Å²) in [6.07, 6.45) is 1.89. The molecule has 0 saturated carbocycles. The minimum Gasteiger partial charge on any atom is -0.490 e. The number of para-hydroxylation sites is 2. The molecule has 2 N–H and O–H groups in total. The fourth-order valence-corrected chi connectivity index (χ4v) is 2.01. The average molecular weight is 285 g/mol. The second-order valence-electron chi connectivity index (χ2n) is 4.98. The topological polar surface area (TPSA) is 44.5 Å². The van der Waals surface area contributed by atoms with Crippen LogP contribution in [0.15, 0.2) is 48.5 Å². The second kappa shape index (κ2) is 7.70. The Bertz CT molecular complexity index is 551. The van der Waals surface area contributed by atoms with E-state index in [9.17, 15) is 0 Å². The summed E-state index contributed by atoms with van der Waals surface area (Å²) in [7, 11) is 0. The molecule has 0 amide bonds. The summed E-state index contributed by atoms with van der Waals surface area (Å²) in [6.45, 7) is 4.85. The highest BCUT2D eigenvalue weighted by Gasteiger charge is 2.07. The molecule has 1 atom stereocenters. The van der Waals surface area contributed by atoms with Gasteiger partial charge < -0.3 is 15.2 Å². The lowest BCUT2D eigenvalue weighted by molar-refractivity contribution is 0.302. The van der Waals surface area contributed by atoms with E-state index < -0.39 is 0 Å². The molecule has 0 radical (unpaired) electrons. The van der Waals surface area contributed by atoms with Crippen LogP contribution in [-0.2, 0) is 0 Å². The summed E-state index contributed by atoms with van der Waals surface area (Å²) in [5, 5.41) is 0. The standard InChI is InChI=1S/C18H23NO2/c1-3-13-20-17-7-5-6-8-18(17)21-15-11-9-14(10-12-15)16(19)4-2/h5-12,16H,3-4,13,19H2,1-2H3/t16-/m1/s1. The van der Waals surface area contributed by atoms with Crippen LogP contribution in [0.25, 0.3) is 0 Å². The Morgan fingerprint density at radius 3 is 2.24 bits per heavy atom. The zero-order valence-electron chi connectivity index (χ0n) is 12.7. The molecule has 2 rings (SSSR count). The van der Waals surface area contributed by atoms with E-state index in [1.807, 2.05) is 48.5 Å². The summed E-state index contributed by atoms with van der Waals surface area (Å²) >= 11 is 0. The van der Waals surface area contributed by atoms with Crippen molar-refractivity contribution in [1.29, 1.82) is 0 Å². The Morgan fingerprint density at radius 2 is 1.62 bits per heavy atom. The maximum absolute atomic E-state index is 6.02. The van der Waals surface area contributed by atoms with Gasteiger partial charge in [-0.2, -0.15) is 0 Å². The molecule has 3 heteroatoms. The summed E-state index contributed by atoms with van der Waals surface area (Å²) in [5.41, 5.74) is 7.14. The van der Waals surface area contributed by atoms with Gasteiger partial charge >= 0.3 is 0 Å². The van der Waals surface area contributed by atoms with E-state index >= 15 is 0 Å². The van der Waals surface area contributed by atoms with Crippen LogP contribution in [0.1, 0.15) is 38.3 Å². The van der Waals surface area contributed by atoms with E-state index in [0.29, 0.717) is 6.61 Å². The van der Waals surface area contributed by atoms with Gasteiger partial charge in [-0.25, -0.2) is 0 Å². The van der Waals surface area contributed by atoms with Crippen LogP contribution in [-0.4, -0.2) is 6.61 Å². The molecule has 0 aromatic heterocycles. The highest BCUT2D eigenvalue weighted by Crippen LogP contribution is 2.31. The van der Waals surface area contributed by atoms with E-state index in [-0.39, 0.29) is 6.04 Å². The Kier molecular flexibility index (Phi) is 5.64. The van der Waals surface area contributed by atoms with Crippen molar-refractivity contribution < 1.29 is 9.47 Å². The number of nitrogens with two attached hydrogens (primary N) is 1. The third-order valence-electron chi connectivity index (χ3n) is 3.29. The SMILES string of the molecule is CCCOc1ccccc1Oc1ccc([C@H](N)CC)cc1. The minimum absolute atomic E-state index is 0.0826. The molecule has 0 spiro atoms. The van der Waals surface area contributed by atoms with Gasteiger partial charge in [-0.05, 0) is 42.7 Å². The van der Waals surface area contributed by atoms with Gasteiger partial charge in [0.05, 0.1) is 6.61 Å². The summed E-state index contributed by atoms with van der Waals surface area (Å²) < 4.78 is 11.6. The van der Waals surface area contributed by atoms with Crippen LogP contribution in [0.5, 0.6) is 17.2 Å². The van der Waals surface area contributed by atoms with E-state index in [2.05, 4.69) is 13.8 Å². The van der Waals surface area contributed by atoms with Gasteiger partial charge in [-0.1, -0.05) is 38.1 Å². The predicted octanol–water partition coefficient (Wildman–Crippen LogP) is 4.68. The lowest BCUT2D eigenvalue weighted by Crippen LogP contribution is -2.08. The highest BCUT2D eigenvalue weighted by molar-refractivity contribution is 5.43. The van der Waals surface area contributed by atoms with Gasteiger partial charge in [0.25, 0.3) is 0 Å². The van der Waals surface area contributed by atoms with Crippen LogP contribution >= 0.6 is 0 Å². The van der Waals surface area contributed by atoms with Crippen molar-refractivity contribution in [2.24, 2.45) is 5.73 Å². The fraction of sp³-hybridized carbons (Fsp3) is 0.333. The van der Waals surface area contributed by atoms with Crippen molar-refractivity contribution in [3.05, 3.63) is 54.1 Å². The quantitative estimate of drug-likeness (QED) is 0.803. The fourth-order valence-electron chi connectivity index (χ4n) is 2.01. The van der Waals surface area contributed by atoms with Crippen LogP contribution < -0.4 is 15.2 Å². The molecule has 0 fully saturated rings. The Hall–Kier alpha value is -2.00. The second-order valence-corrected chi connectivity index (χ2v) is 4.98. The van der Waals surface area contributed by atoms with Crippen LogP contribution in [0.4, 0.5) is 0 Å². The molecule has 3 nitrogen and oxygen atoms in total. The van der Waals surface area contributed by atoms with E-state index in [1.165, 1.54) is 0 Å². The largest absolute Gasteiger partial charge is 0.490 e. The number of rotatable bonds is 7. The molecule has 112 valence electrons. The Labute approximate surface area is 126 Å². The molecular formula is C18H23NO2. The molecule has 2 aromatic carbocycles. The number of hydrogen-bond acceptors (Lipinski definition) is 3. The zero-order chi connectivity index (χ0) is 15.1. The van der Waals surface area contributed by atoms with Gasteiger partial charge in [0.15, 0.2) is 11.5 Å². The number of hydrogen-bond donors (Lipinski definition) is 1. The highest BCUT2D eigenvalue weighted by atomic mass is 16.5. The van der Waals surface area contributed by atoms with Gasteiger partial charge in [0.1, 0.15) is 5.75 Å². The van der Waals surface area contributed by atoms with E-state index in [4.69, 9.17) is 15.2 Å². The van der Waals surface area contributed by atoms with Crippen molar-refractivity contribution in [2.45, 2.75) is 32.7 Å². The van der Waals surface area contributed by atoms with Gasteiger partial charge in [-0.3, -0.25) is 0 Å². The monoisotopic (exact) mass is 285 g/mol. The lowest BCUT2D eigenvalue weighted by atomic mass is 10.1. The van der Waals surface area contributed by atoms with Gasteiger partial charge in [0.2, 0.25) is 0 Å².